The van der Waals surface area contributed by atoms with Crippen LogP contribution in [0.15, 0.2) is 24.3 Å². The van der Waals surface area contributed by atoms with Crippen LogP contribution in [0.1, 0.15) is 15.9 Å². The molecule has 22 heavy (non-hydrogen) atoms. The minimum atomic E-state index is -1.22. The Morgan fingerprint density at radius 3 is 2.82 bits per heavy atom. The van der Waals surface area contributed by atoms with Gasteiger partial charge in [-0.1, -0.05) is 0 Å². The fourth-order valence-corrected chi connectivity index (χ4v) is 3.25. The predicted octanol–water partition coefficient (Wildman–Crippen LogP) is 4.19. The topological polar surface area (TPSA) is 75.1 Å². The lowest BCUT2D eigenvalue weighted by Gasteiger charge is -2.13. The van der Waals surface area contributed by atoms with Gasteiger partial charge in [-0.2, -0.15) is 8.75 Å². The molecule has 0 saturated carbocycles. The van der Waals surface area contributed by atoms with Gasteiger partial charge in [-0.05, 0) is 59.3 Å². The molecule has 0 fully saturated rings. The molecule has 2 aromatic carbocycles. The Labute approximate surface area is 142 Å². The van der Waals surface area contributed by atoms with Crippen LogP contribution < -0.4 is 5.32 Å². The van der Waals surface area contributed by atoms with Crippen LogP contribution in [-0.2, 0) is 0 Å². The molecule has 3 rings (SSSR count). The molecular formula is C14H9FIN3O2S. The number of carboxylic acids is 1. The van der Waals surface area contributed by atoms with Crippen molar-refractivity contribution in [1.82, 2.24) is 8.75 Å². The summed E-state index contributed by atoms with van der Waals surface area (Å²) < 4.78 is 23.4. The third kappa shape index (κ3) is 2.63. The van der Waals surface area contributed by atoms with Gasteiger partial charge in [0.2, 0.25) is 0 Å². The molecular weight excluding hydrogens is 420 g/mol. The molecule has 0 aliphatic rings. The van der Waals surface area contributed by atoms with Crippen molar-refractivity contribution >= 4 is 62.7 Å². The maximum Gasteiger partial charge on any atom is 0.338 e. The lowest BCUT2D eigenvalue weighted by Crippen LogP contribution is -2.06. The highest BCUT2D eigenvalue weighted by Gasteiger charge is 2.21. The second-order valence-corrected chi connectivity index (χ2v) is 6.41. The van der Waals surface area contributed by atoms with E-state index in [1.807, 2.05) is 19.1 Å². The van der Waals surface area contributed by atoms with E-state index in [-0.39, 0.29) is 22.3 Å². The van der Waals surface area contributed by atoms with Gasteiger partial charge in [0.15, 0.2) is 5.82 Å². The standard InChI is InChI=1S/C14H9FIN3O2S/c1-6-4-7(16)2-3-9(6)17-12-8(14(20)21)5-10-13(11(12)15)19-22-18-10/h2-5,17H,1H3,(H,20,21). The molecule has 1 heterocycles. The van der Waals surface area contributed by atoms with Gasteiger partial charge in [-0.3, -0.25) is 0 Å². The van der Waals surface area contributed by atoms with Crippen molar-refractivity contribution in [2.75, 3.05) is 5.32 Å². The number of hydrogen-bond acceptors (Lipinski definition) is 5. The monoisotopic (exact) mass is 429 g/mol. The summed E-state index contributed by atoms with van der Waals surface area (Å²) in [5.74, 6) is -1.93. The van der Waals surface area contributed by atoms with E-state index in [0.29, 0.717) is 5.69 Å². The van der Waals surface area contributed by atoms with Crippen LogP contribution in [0.2, 0.25) is 0 Å². The number of fused-ring (bicyclic) bond motifs is 1. The maximum absolute atomic E-state index is 14.6. The van der Waals surface area contributed by atoms with Gasteiger partial charge in [-0.15, -0.1) is 0 Å². The fraction of sp³-hybridized carbons (Fsp3) is 0.0714. The van der Waals surface area contributed by atoms with E-state index >= 15 is 0 Å². The van der Waals surface area contributed by atoms with E-state index in [1.54, 1.807) is 6.07 Å². The van der Waals surface area contributed by atoms with E-state index in [1.165, 1.54) is 6.07 Å². The number of carboxylic acid groups (broad SMARTS) is 1. The van der Waals surface area contributed by atoms with Crippen LogP contribution in [-0.4, -0.2) is 19.8 Å². The second kappa shape index (κ2) is 5.76. The van der Waals surface area contributed by atoms with Crippen LogP contribution in [0.5, 0.6) is 0 Å². The molecule has 0 aliphatic heterocycles. The summed E-state index contributed by atoms with van der Waals surface area (Å²) in [7, 11) is 0. The van der Waals surface area contributed by atoms with Crippen LogP contribution >= 0.6 is 34.3 Å². The number of anilines is 2. The number of nitrogens with zero attached hydrogens (tertiary/aromatic N) is 2. The van der Waals surface area contributed by atoms with Gasteiger partial charge in [0.25, 0.3) is 0 Å². The summed E-state index contributed by atoms with van der Waals surface area (Å²) in [6.07, 6.45) is 0. The Balaban J connectivity index is 2.18. The number of rotatable bonds is 3. The third-order valence-electron chi connectivity index (χ3n) is 3.17. The van der Waals surface area contributed by atoms with Crippen molar-refractivity contribution in [3.63, 3.8) is 0 Å². The largest absolute Gasteiger partial charge is 0.478 e. The van der Waals surface area contributed by atoms with Gasteiger partial charge in [0.05, 0.1) is 23.0 Å². The average Bonchev–Trinajstić information content (AvgIpc) is 2.92. The number of aryl methyl sites for hydroxylation is 1. The van der Waals surface area contributed by atoms with Gasteiger partial charge >= 0.3 is 5.97 Å². The molecule has 1 aromatic heterocycles. The van der Waals surface area contributed by atoms with E-state index in [2.05, 4.69) is 36.7 Å². The Morgan fingerprint density at radius 2 is 2.14 bits per heavy atom. The van der Waals surface area contributed by atoms with Crippen molar-refractivity contribution in [3.05, 3.63) is 44.8 Å². The summed E-state index contributed by atoms with van der Waals surface area (Å²) in [5, 5.41) is 12.2. The molecule has 0 atom stereocenters. The van der Waals surface area contributed by atoms with Crippen LogP contribution in [0.4, 0.5) is 15.8 Å². The lowest BCUT2D eigenvalue weighted by atomic mass is 10.1. The quantitative estimate of drug-likeness (QED) is 0.611. The number of aromatic carboxylic acids is 1. The molecule has 0 aliphatic carbocycles. The number of benzene rings is 2. The van der Waals surface area contributed by atoms with Gasteiger partial charge in [0.1, 0.15) is 11.0 Å². The highest BCUT2D eigenvalue weighted by atomic mass is 127. The summed E-state index contributed by atoms with van der Waals surface area (Å²) in [5.41, 5.74) is 1.57. The Bertz CT molecular complexity index is 897. The van der Waals surface area contributed by atoms with E-state index in [4.69, 9.17) is 0 Å². The number of nitrogens with one attached hydrogen (secondary N) is 1. The van der Waals surface area contributed by atoms with Crippen LogP contribution in [0.3, 0.4) is 0 Å². The first-order valence-electron chi connectivity index (χ1n) is 6.18. The lowest BCUT2D eigenvalue weighted by molar-refractivity contribution is 0.0697. The average molecular weight is 429 g/mol. The molecule has 2 N–H and O–H groups in total. The van der Waals surface area contributed by atoms with Crippen molar-refractivity contribution in [2.24, 2.45) is 0 Å². The predicted molar refractivity (Wildman–Crippen MR) is 91.5 cm³/mol. The molecule has 0 spiro atoms. The molecule has 0 unspecified atom stereocenters. The number of aromatic nitrogens is 2. The summed E-state index contributed by atoms with van der Waals surface area (Å²) in [4.78, 5) is 11.4. The van der Waals surface area contributed by atoms with Crippen LogP contribution in [0.25, 0.3) is 11.0 Å². The molecule has 5 nitrogen and oxygen atoms in total. The highest BCUT2D eigenvalue weighted by Crippen LogP contribution is 2.31. The van der Waals surface area contributed by atoms with E-state index in [0.717, 1.165) is 20.9 Å². The van der Waals surface area contributed by atoms with Gasteiger partial charge < -0.3 is 10.4 Å². The zero-order valence-corrected chi connectivity index (χ0v) is 14.2. The molecule has 8 heteroatoms. The SMILES string of the molecule is Cc1cc(I)ccc1Nc1c(C(=O)O)cc2nsnc2c1F. The third-order valence-corrected chi connectivity index (χ3v) is 4.38. The first-order valence-corrected chi connectivity index (χ1v) is 7.99. The van der Waals surface area contributed by atoms with E-state index < -0.39 is 11.8 Å². The summed E-state index contributed by atoms with van der Waals surface area (Å²) in [6, 6.07) is 6.89. The smallest absolute Gasteiger partial charge is 0.338 e. The molecule has 3 aromatic rings. The van der Waals surface area contributed by atoms with Crippen LogP contribution in [0, 0.1) is 16.3 Å². The van der Waals surface area contributed by atoms with Gasteiger partial charge in [0, 0.05) is 9.26 Å². The van der Waals surface area contributed by atoms with Crippen molar-refractivity contribution < 1.29 is 14.3 Å². The summed E-state index contributed by atoms with van der Waals surface area (Å²) >= 11 is 3.02. The van der Waals surface area contributed by atoms with Crippen molar-refractivity contribution in [3.8, 4) is 0 Å². The molecule has 0 radical (unpaired) electrons. The highest BCUT2D eigenvalue weighted by molar-refractivity contribution is 14.1. The molecule has 112 valence electrons. The fourth-order valence-electron chi connectivity index (χ4n) is 2.08. The summed E-state index contributed by atoms with van der Waals surface area (Å²) in [6.45, 7) is 1.87. The van der Waals surface area contributed by atoms with Crippen molar-refractivity contribution in [1.29, 1.82) is 0 Å². The number of hydrogen-bond donors (Lipinski definition) is 2. The maximum atomic E-state index is 14.6. The molecule has 0 bridgehead atoms. The zero-order valence-electron chi connectivity index (χ0n) is 11.2. The Morgan fingerprint density at radius 1 is 1.36 bits per heavy atom. The van der Waals surface area contributed by atoms with Gasteiger partial charge in [-0.25, -0.2) is 9.18 Å². The number of carbonyl (C=O) groups is 1. The first kappa shape index (κ1) is 15.1. The Hall–Kier alpha value is -1.81. The molecule has 0 amide bonds. The van der Waals surface area contributed by atoms with E-state index in [9.17, 15) is 14.3 Å². The minimum absolute atomic E-state index is 0.0701. The van der Waals surface area contributed by atoms with Crippen molar-refractivity contribution in [2.45, 2.75) is 6.92 Å². The first-order chi connectivity index (χ1) is 10.5. The molecule has 0 saturated heterocycles. The minimum Gasteiger partial charge on any atom is -0.478 e. The zero-order chi connectivity index (χ0) is 15.9. The second-order valence-electron chi connectivity index (χ2n) is 4.63. The normalized spacial score (nSPS) is 10.9. The Kier molecular flexibility index (Phi) is 3.96. The number of halogens is 2.